The molecule has 17 heavy (non-hydrogen) atoms. The average Bonchev–Trinajstić information content (AvgIpc) is 2.20. The zero-order valence-corrected chi connectivity index (χ0v) is 11.7. The fraction of sp³-hybridized carbons (Fsp3) is 0.667. The van der Waals surface area contributed by atoms with E-state index in [0.29, 0.717) is 5.82 Å². The second kappa shape index (κ2) is 5.08. The van der Waals surface area contributed by atoms with Crippen LogP contribution in [0, 0.1) is 0 Å². The van der Waals surface area contributed by atoms with Crippen LogP contribution in [0.25, 0.3) is 0 Å². The monoisotopic (exact) mass is 257 g/mol. The Kier molecular flexibility index (Phi) is 4.20. The molecule has 0 amide bonds. The van der Waals surface area contributed by atoms with Crippen LogP contribution in [-0.4, -0.2) is 20.5 Å². The predicted molar refractivity (Wildman–Crippen MR) is 71.9 cm³/mol. The maximum absolute atomic E-state index is 12.1. The molecule has 0 saturated heterocycles. The van der Waals surface area contributed by atoms with Gasteiger partial charge in [0.25, 0.3) is 5.56 Å². The SMILES string of the molecule is CC(C)n1ccnc(NC(C)(C)C(C)Cl)c1=O. The molecule has 1 heterocycles. The lowest BCUT2D eigenvalue weighted by molar-refractivity contribution is 0.540. The van der Waals surface area contributed by atoms with Crippen molar-refractivity contribution in [2.45, 2.75) is 51.6 Å². The van der Waals surface area contributed by atoms with Crippen LogP contribution in [-0.2, 0) is 0 Å². The van der Waals surface area contributed by atoms with E-state index in [2.05, 4.69) is 10.3 Å². The summed E-state index contributed by atoms with van der Waals surface area (Å²) in [5, 5.41) is 2.99. The lowest BCUT2D eigenvalue weighted by atomic mass is 10.0. The Hall–Kier alpha value is -1.03. The first-order chi connectivity index (χ1) is 7.75. The minimum absolute atomic E-state index is 0.114. The molecule has 1 rings (SSSR count). The number of nitrogens with zero attached hydrogens (tertiary/aromatic N) is 2. The molecule has 0 aromatic carbocycles. The van der Waals surface area contributed by atoms with Gasteiger partial charge < -0.3 is 9.88 Å². The highest BCUT2D eigenvalue weighted by Crippen LogP contribution is 2.18. The summed E-state index contributed by atoms with van der Waals surface area (Å²) >= 11 is 6.07. The van der Waals surface area contributed by atoms with Crippen molar-refractivity contribution in [2.75, 3.05) is 5.32 Å². The van der Waals surface area contributed by atoms with Crippen LogP contribution < -0.4 is 10.9 Å². The second-order valence-corrected chi connectivity index (χ2v) is 5.70. The largest absolute Gasteiger partial charge is 0.359 e. The van der Waals surface area contributed by atoms with E-state index in [1.165, 1.54) is 0 Å². The topological polar surface area (TPSA) is 46.9 Å². The molecule has 1 N–H and O–H groups in total. The summed E-state index contributed by atoms with van der Waals surface area (Å²) < 4.78 is 1.64. The molecule has 0 radical (unpaired) electrons. The summed E-state index contributed by atoms with van der Waals surface area (Å²) in [7, 11) is 0. The van der Waals surface area contributed by atoms with Crippen LogP contribution in [0.4, 0.5) is 5.82 Å². The van der Waals surface area contributed by atoms with E-state index in [0.717, 1.165) is 0 Å². The second-order valence-electron chi connectivity index (χ2n) is 5.04. The minimum Gasteiger partial charge on any atom is -0.359 e. The standard InChI is InChI=1S/C12H20ClN3O/c1-8(2)16-7-6-14-10(11(16)17)15-12(4,5)9(3)13/h6-9H,1-5H3,(H,14,15). The van der Waals surface area contributed by atoms with Crippen LogP contribution in [0.1, 0.15) is 40.7 Å². The maximum atomic E-state index is 12.1. The Morgan fingerprint density at radius 2 is 2.00 bits per heavy atom. The van der Waals surface area contributed by atoms with Crippen molar-refractivity contribution in [3.05, 3.63) is 22.7 Å². The molecule has 1 aromatic heterocycles. The molecule has 1 atom stereocenters. The van der Waals surface area contributed by atoms with Crippen LogP contribution in [0.3, 0.4) is 0 Å². The number of rotatable bonds is 4. The summed E-state index contributed by atoms with van der Waals surface area (Å²) in [4.78, 5) is 16.2. The first-order valence-corrected chi connectivity index (χ1v) is 6.18. The smallest absolute Gasteiger partial charge is 0.293 e. The van der Waals surface area contributed by atoms with Gasteiger partial charge in [-0.2, -0.15) is 0 Å². The molecule has 0 spiro atoms. The van der Waals surface area contributed by atoms with Gasteiger partial charge in [-0.25, -0.2) is 4.98 Å². The van der Waals surface area contributed by atoms with Gasteiger partial charge in [-0.15, -0.1) is 11.6 Å². The van der Waals surface area contributed by atoms with Gasteiger partial charge in [-0.05, 0) is 34.6 Å². The Morgan fingerprint density at radius 1 is 1.41 bits per heavy atom. The van der Waals surface area contributed by atoms with Crippen LogP contribution in [0.2, 0.25) is 0 Å². The zero-order chi connectivity index (χ0) is 13.2. The third kappa shape index (κ3) is 3.22. The van der Waals surface area contributed by atoms with Gasteiger partial charge in [0.15, 0.2) is 5.82 Å². The molecular weight excluding hydrogens is 238 g/mol. The molecule has 0 saturated carbocycles. The number of alkyl halides is 1. The normalized spacial score (nSPS) is 13.8. The molecule has 0 bridgehead atoms. The Bertz CT molecular complexity index is 438. The van der Waals surface area contributed by atoms with Gasteiger partial charge in [0.05, 0.1) is 5.38 Å². The van der Waals surface area contributed by atoms with Crippen LogP contribution >= 0.6 is 11.6 Å². The van der Waals surface area contributed by atoms with Crippen molar-refractivity contribution in [1.29, 1.82) is 0 Å². The first-order valence-electron chi connectivity index (χ1n) is 5.75. The third-order valence-corrected chi connectivity index (χ3v) is 3.40. The van der Waals surface area contributed by atoms with E-state index in [-0.39, 0.29) is 22.5 Å². The Balaban J connectivity index is 3.09. The molecule has 0 aliphatic rings. The van der Waals surface area contributed by atoms with E-state index >= 15 is 0 Å². The van der Waals surface area contributed by atoms with E-state index in [1.54, 1.807) is 17.0 Å². The quantitative estimate of drug-likeness (QED) is 0.844. The third-order valence-electron chi connectivity index (χ3n) is 2.86. The number of hydrogen-bond acceptors (Lipinski definition) is 3. The van der Waals surface area contributed by atoms with E-state index in [4.69, 9.17) is 11.6 Å². The van der Waals surface area contributed by atoms with Crippen molar-refractivity contribution in [2.24, 2.45) is 0 Å². The van der Waals surface area contributed by atoms with Crippen LogP contribution in [0.5, 0.6) is 0 Å². The minimum atomic E-state index is -0.385. The summed E-state index contributed by atoms with van der Waals surface area (Å²) in [6, 6.07) is 0.114. The molecule has 1 aromatic rings. The fourth-order valence-electron chi connectivity index (χ4n) is 1.32. The first kappa shape index (κ1) is 14.0. The van der Waals surface area contributed by atoms with Crippen molar-refractivity contribution < 1.29 is 0 Å². The average molecular weight is 258 g/mol. The Labute approximate surface area is 107 Å². The van der Waals surface area contributed by atoms with Crippen molar-refractivity contribution in [1.82, 2.24) is 9.55 Å². The van der Waals surface area contributed by atoms with E-state index < -0.39 is 0 Å². The number of hydrogen-bond donors (Lipinski definition) is 1. The van der Waals surface area contributed by atoms with Gasteiger partial charge in [0, 0.05) is 24.0 Å². The zero-order valence-electron chi connectivity index (χ0n) is 11.0. The fourth-order valence-corrected chi connectivity index (χ4v) is 1.38. The van der Waals surface area contributed by atoms with Gasteiger partial charge in [0.1, 0.15) is 0 Å². The lowest BCUT2D eigenvalue weighted by Gasteiger charge is -2.29. The number of nitrogens with one attached hydrogen (secondary N) is 1. The number of halogens is 1. The summed E-state index contributed by atoms with van der Waals surface area (Å²) in [5.74, 6) is 0.346. The van der Waals surface area contributed by atoms with E-state index in [1.807, 2.05) is 34.6 Å². The highest BCUT2D eigenvalue weighted by molar-refractivity contribution is 6.21. The summed E-state index contributed by atoms with van der Waals surface area (Å²) in [6.07, 6.45) is 3.31. The van der Waals surface area contributed by atoms with Crippen LogP contribution in [0.15, 0.2) is 17.2 Å². The summed E-state index contributed by atoms with van der Waals surface area (Å²) in [5.41, 5.74) is -0.503. The predicted octanol–water partition coefficient (Wildman–Crippen LogP) is 2.64. The lowest BCUT2D eigenvalue weighted by Crippen LogP contribution is -2.42. The molecule has 0 fully saturated rings. The Morgan fingerprint density at radius 3 is 2.47 bits per heavy atom. The highest BCUT2D eigenvalue weighted by Gasteiger charge is 2.25. The molecular formula is C12H20ClN3O. The molecule has 0 aliphatic carbocycles. The maximum Gasteiger partial charge on any atom is 0.293 e. The van der Waals surface area contributed by atoms with Gasteiger partial charge >= 0.3 is 0 Å². The van der Waals surface area contributed by atoms with Gasteiger partial charge in [-0.1, -0.05) is 0 Å². The van der Waals surface area contributed by atoms with Crippen molar-refractivity contribution in [3.8, 4) is 0 Å². The highest BCUT2D eigenvalue weighted by atomic mass is 35.5. The molecule has 5 heteroatoms. The molecule has 0 aliphatic heterocycles. The van der Waals surface area contributed by atoms with Crippen molar-refractivity contribution >= 4 is 17.4 Å². The number of aromatic nitrogens is 2. The number of anilines is 1. The molecule has 4 nitrogen and oxygen atoms in total. The summed E-state index contributed by atoms with van der Waals surface area (Å²) in [6.45, 7) is 9.69. The van der Waals surface area contributed by atoms with E-state index in [9.17, 15) is 4.79 Å². The van der Waals surface area contributed by atoms with Crippen molar-refractivity contribution in [3.63, 3.8) is 0 Å². The molecule has 1 unspecified atom stereocenters. The van der Waals surface area contributed by atoms with Gasteiger partial charge in [-0.3, -0.25) is 4.79 Å². The van der Waals surface area contributed by atoms with Gasteiger partial charge in [0.2, 0.25) is 0 Å². The molecule has 96 valence electrons.